The van der Waals surface area contributed by atoms with Crippen LogP contribution >= 0.6 is 31.9 Å². The van der Waals surface area contributed by atoms with Crippen molar-refractivity contribution in [3.8, 4) is 0 Å². The summed E-state index contributed by atoms with van der Waals surface area (Å²) < 4.78 is 1.97. The predicted molar refractivity (Wildman–Crippen MR) is 84.3 cm³/mol. The Balaban J connectivity index is 1.76. The Morgan fingerprint density at radius 1 is 1.16 bits per heavy atom. The van der Waals surface area contributed by atoms with Crippen LogP contribution in [0.3, 0.4) is 0 Å². The van der Waals surface area contributed by atoms with Gasteiger partial charge in [-0.15, -0.1) is 0 Å². The molecule has 0 aliphatic heterocycles. The van der Waals surface area contributed by atoms with Gasteiger partial charge in [0.1, 0.15) is 0 Å². The van der Waals surface area contributed by atoms with Crippen LogP contribution in [0.15, 0.2) is 51.4 Å². The van der Waals surface area contributed by atoms with Crippen molar-refractivity contribution in [2.75, 3.05) is 0 Å². The third-order valence-corrected chi connectivity index (χ3v) is 5.00. The number of fused-ring (bicyclic) bond motifs is 1. The maximum Gasteiger partial charge on any atom is 0.0807 e. The summed E-state index contributed by atoms with van der Waals surface area (Å²) in [7, 11) is 0. The van der Waals surface area contributed by atoms with E-state index in [0.717, 1.165) is 27.4 Å². The zero-order valence-corrected chi connectivity index (χ0v) is 13.5. The van der Waals surface area contributed by atoms with Crippen molar-refractivity contribution in [2.45, 2.75) is 24.9 Å². The van der Waals surface area contributed by atoms with Gasteiger partial charge in [-0.05, 0) is 53.6 Å². The first-order valence-corrected chi connectivity index (χ1v) is 7.94. The van der Waals surface area contributed by atoms with Crippen LogP contribution in [0.2, 0.25) is 0 Å². The predicted octanol–water partition coefficient (Wildman–Crippen LogP) is 4.98. The van der Waals surface area contributed by atoms with Crippen LogP contribution in [0.4, 0.5) is 0 Å². The number of benzene rings is 2. The molecular weight excluding hydrogens is 368 g/mol. The zero-order chi connectivity index (χ0) is 13.4. The fraction of sp³-hybridized carbons (Fsp3) is 0.250. The van der Waals surface area contributed by atoms with E-state index in [0.29, 0.717) is 5.92 Å². The largest absolute Gasteiger partial charge is 0.388 e. The van der Waals surface area contributed by atoms with Gasteiger partial charge in [-0.25, -0.2) is 0 Å². The van der Waals surface area contributed by atoms with Crippen LogP contribution in [-0.4, -0.2) is 5.11 Å². The van der Waals surface area contributed by atoms with E-state index < -0.39 is 6.10 Å². The molecule has 0 heterocycles. The Bertz CT molecular complexity index is 609. The van der Waals surface area contributed by atoms with Gasteiger partial charge in [0.25, 0.3) is 0 Å². The van der Waals surface area contributed by atoms with Crippen LogP contribution in [-0.2, 0) is 6.42 Å². The number of hydrogen-bond donors (Lipinski definition) is 1. The fourth-order valence-corrected chi connectivity index (χ4v) is 3.63. The van der Waals surface area contributed by atoms with E-state index >= 15 is 0 Å². The minimum Gasteiger partial charge on any atom is -0.388 e. The molecule has 1 N–H and O–H groups in total. The molecule has 1 aliphatic carbocycles. The molecule has 3 heteroatoms. The van der Waals surface area contributed by atoms with E-state index in [1.54, 1.807) is 0 Å². The molecule has 0 bridgehead atoms. The monoisotopic (exact) mass is 380 g/mol. The van der Waals surface area contributed by atoms with Gasteiger partial charge in [-0.2, -0.15) is 0 Å². The summed E-state index contributed by atoms with van der Waals surface area (Å²) >= 11 is 6.97. The van der Waals surface area contributed by atoms with Gasteiger partial charge in [-0.3, -0.25) is 0 Å². The average molecular weight is 382 g/mol. The summed E-state index contributed by atoms with van der Waals surface area (Å²) in [5.41, 5.74) is 3.78. The topological polar surface area (TPSA) is 20.2 Å². The highest BCUT2D eigenvalue weighted by atomic mass is 79.9. The number of halogens is 2. The van der Waals surface area contributed by atoms with Crippen LogP contribution in [0.5, 0.6) is 0 Å². The van der Waals surface area contributed by atoms with E-state index in [-0.39, 0.29) is 0 Å². The SMILES string of the molecule is OC(CC1Cc2ccccc21)c1cc(Br)ccc1Br. The van der Waals surface area contributed by atoms with Gasteiger partial charge in [-0.1, -0.05) is 56.1 Å². The summed E-state index contributed by atoms with van der Waals surface area (Å²) in [6.07, 6.45) is 1.44. The van der Waals surface area contributed by atoms with Crippen molar-refractivity contribution in [1.82, 2.24) is 0 Å². The summed E-state index contributed by atoms with van der Waals surface area (Å²) in [5, 5.41) is 10.4. The molecule has 2 unspecified atom stereocenters. The zero-order valence-electron chi connectivity index (χ0n) is 10.3. The van der Waals surface area contributed by atoms with Crippen LogP contribution < -0.4 is 0 Å². The molecule has 2 aromatic carbocycles. The Hall–Kier alpha value is -0.640. The molecule has 1 nitrogen and oxygen atoms in total. The average Bonchev–Trinajstić information content (AvgIpc) is 2.38. The third-order valence-electron chi connectivity index (χ3n) is 3.79. The number of rotatable bonds is 3. The van der Waals surface area contributed by atoms with E-state index in [4.69, 9.17) is 0 Å². The number of hydrogen-bond acceptors (Lipinski definition) is 1. The normalized spacial score (nSPS) is 18.6. The molecule has 0 aromatic heterocycles. The second-order valence-electron chi connectivity index (χ2n) is 5.02. The smallest absolute Gasteiger partial charge is 0.0807 e. The first-order valence-electron chi connectivity index (χ1n) is 6.36. The number of aliphatic hydroxyl groups is 1. The summed E-state index contributed by atoms with van der Waals surface area (Å²) in [6, 6.07) is 14.4. The quantitative estimate of drug-likeness (QED) is 0.795. The molecular formula is C16H14Br2O. The van der Waals surface area contributed by atoms with E-state index in [9.17, 15) is 5.11 Å². The minimum atomic E-state index is -0.426. The lowest BCUT2D eigenvalue weighted by molar-refractivity contribution is 0.153. The second-order valence-corrected chi connectivity index (χ2v) is 6.79. The lowest BCUT2D eigenvalue weighted by atomic mass is 9.74. The summed E-state index contributed by atoms with van der Waals surface area (Å²) in [6.45, 7) is 0. The maximum absolute atomic E-state index is 10.4. The summed E-state index contributed by atoms with van der Waals surface area (Å²) in [5.74, 6) is 0.483. The van der Waals surface area contributed by atoms with Crippen molar-refractivity contribution in [1.29, 1.82) is 0 Å². The van der Waals surface area contributed by atoms with Crippen molar-refractivity contribution in [2.24, 2.45) is 0 Å². The molecule has 0 amide bonds. The highest BCUT2D eigenvalue weighted by molar-refractivity contribution is 9.11. The lowest BCUT2D eigenvalue weighted by Crippen LogP contribution is -2.19. The maximum atomic E-state index is 10.4. The van der Waals surface area contributed by atoms with Crippen LogP contribution in [0.1, 0.15) is 35.1 Å². The molecule has 2 aromatic rings. The van der Waals surface area contributed by atoms with Crippen molar-refractivity contribution < 1.29 is 5.11 Å². The molecule has 0 spiro atoms. The Kier molecular flexibility index (Phi) is 3.79. The van der Waals surface area contributed by atoms with Crippen molar-refractivity contribution in [3.05, 3.63) is 68.1 Å². The Morgan fingerprint density at radius 2 is 1.95 bits per heavy atom. The highest BCUT2D eigenvalue weighted by Crippen LogP contribution is 2.41. The molecule has 0 fully saturated rings. The van der Waals surface area contributed by atoms with Crippen molar-refractivity contribution >= 4 is 31.9 Å². The molecule has 0 saturated heterocycles. The first kappa shape index (κ1) is 13.3. The Morgan fingerprint density at radius 3 is 2.74 bits per heavy atom. The molecule has 0 saturated carbocycles. The highest BCUT2D eigenvalue weighted by Gasteiger charge is 2.28. The molecule has 3 rings (SSSR count). The molecule has 0 radical (unpaired) electrons. The third kappa shape index (κ3) is 2.64. The van der Waals surface area contributed by atoms with Gasteiger partial charge in [0.2, 0.25) is 0 Å². The van der Waals surface area contributed by atoms with Crippen LogP contribution in [0, 0.1) is 0 Å². The van der Waals surface area contributed by atoms with Gasteiger partial charge < -0.3 is 5.11 Å². The van der Waals surface area contributed by atoms with Gasteiger partial charge in [0.05, 0.1) is 6.10 Å². The van der Waals surface area contributed by atoms with E-state index in [2.05, 4.69) is 56.1 Å². The minimum absolute atomic E-state index is 0.426. The molecule has 2 atom stereocenters. The van der Waals surface area contributed by atoms with Gasteiger partial charge in [0, 0.05) is 8.95 Å². The fourth-order valence-electron chi connectivity index (χ4n) is 2.74. The first-order chi connectivity index (χ1) is 9.15. The second kappa shape index (κ2) is 5.39. The molecule has 1 aliphatic rings. The molecule has 19 heavy (non-hydrogen) atoms. The van der Waals surface area contributed by atoms with Gasteiger partial charge in [0.15, 0.2) is 0 Å². The standard InChI is InChI=1S/C16H14Br2O/c17-12-5-6-15(18)14(9-12)16(19)8-11-7-10-3-1-2-4-13(10)11/h1-6,9,11,16,19H,7-8H2. The van der Waals surface area contributed by atoms with Crippen LogP contribution in [0.25, 0.3) is 0 Å². The van der Waals surface area contributed by atoms with Gasteiger partial charge >= 0.3 is 0 Å². The lowest BCUT2D eigenvalue weighted by Gasteiger charge is -2.32. The van der Waals surface area contributed by atoms with E-state index in [1.807, 2.05) is 18.2 Å². The Labute approximate surface area is 129 Å². The number of aliphatic hydroxyl groups excluding tert-OH is 1. The van der Waals surface area contributed by atoms with E-state index in [1.165, 1.54) is 11.1 Å². The summed E-state index contributed by atoms with van der Waals surface area (Å²) in [4.78, 5) is 0. The molecule has 98 valence electrons. The van der Waals surface area contributed by atoms with Crippen molar-refractivity contribution in [3.63, 3.8) is 0 Å².